The number of hydrogen-bond acceptors (Lipinski definition) is 3. The molecule has 3 heteroatoms. The highest BCUT2D eigenvalue weighted by molar-refractivity contribution is 6.04. The molecule has 0 aromatic rings. The number of rotatable bonds is 53. The number of unbranched alkanes of at least 4 members (excludes halogenated alkanes) is 40. The van der Waals surface area contributed by atoms with Gasteiger partial charge in [-0.25, -0.2) is 0 Å². The minimum Gasteiger partial charge on any atom is -0.462 e. The average Bonchev–Trinajstić information content (AvgIpc) is 3.27. The predicted octanol–water partition coefficient (Wildman–Crippen LogP) is 20.8. The molecule has 0 aliphatic heterocycles. The number of esters is 1. The Balaban J connectivity index is 5.26. The second kappa shape index (κ2) is 49.3. The molecule has 0 spiro atoms. The smallest absolute Gasteiger partial charge is 0.320 e. The number of Topliss-reactive ketones (excluding diaryl/α,β-unsaturated/α-hetero) is 1. The first-order chi connectivity index (χ1) is 30.5. The Morgan fingerprint density at radius 2 is 0.645 bits per heavy atom. The van der Waals surface area contributed by atoms with E-state index in [0.717, 1.165) is 51.4 Å². The van der Waals surface area contributed by atoms with Crippen molar-refractivity contribution in [2.45, 2.75) is 348 Å². The zero-order valence-electron chi connectivity index (χ0n) is 43.2. The van der Waals surface area contributed by atoms with Crippen molar-refractivity contribution in [1.82, 2.24) is 0 Å². The molecule has 2 unspecified atom stereocenters. The Hall–Kier alpha value is -1.12. The SMILES string of the molecule is C=CCC(CCCCCCCCCCCCCCCC)(C(=O)CCCCCCCCCCCCCCCCC)C(=O)OC(CCCCCCCC)CCCCCCCCCCC. The maximum absolute atomic E-state index is 14.6. The molecule has 0 radical (unpaired) electrons. The second-order valence-corrected chi connectivity index (χ2v) is 20.2. The molecule has 0 aromatic carbocycles. The average molecular weight is 872 g/mol. The second-order valence-electron chi connectivity index (χ2n) is 20.2. The fourth-order valence-corrected chi connectivity index (χ4v) is 9.78. The molecule has 0 saturated heterocycles. The third-order valence-corrected chi connectivity index (χ3v) is 14.2. The maximum atomic E-state index is 14.6. The van der Waals surface area contributed by atoms with E-state index in [4.69, 9.17) is 4.74 Å². The number of ketones is 1. The Labute approximate surface area is 391 Å². The van der Waals surface area contributed by atoms with E-state index in [0.29, 0.717) is 19.3 Å². The molecule has 0 amide bonds. The van der Waals surface area contributed by atoms with E-state index < -0.39 is 5.41 Å². The van der Waals surface area contributed by atoms with E-state index in [1.807, 2.05) is 6.08 Å². The molecule has 0 aromatic heterocycles. The molecular weight excluding hydrogens is 757 g/mol. The van der Waals surface area contributed by atoms with Crippen LogP contribution in [0, 0.1) is 5.41 Å². The van der Waals surface area contributed by atoms with E-state index >= 15 is 0 Å². The molecule has 3 nitrogen and oxygen atoms in total. The molecule has 0 saturated carbocycles. The summed E-state index contributed by atoms with van der Waals surface area (Å²) in [5.41, 5.74) is -1.06. The lowest BCUT2D eigenvalue weighted by atomic mass is 9.74. The summed E-state index contributed by atoms with van der Waals surface area (Å²) in [5.74, 6) is -0.0851. The first kappa shape index (κ1) is 60.9. The van der Waals surface area contributed by atoms with Gasteiger partial charge in [-0.1, -0.05) is 297 Å². The lowest BCUT2D eigenvalue weighted by molar-refractivity contribution is -0.166. The summed E-state index contributed by atoms with van der Waals surface area (Å²) >= 11 is 0. The van der Waals surface area contributed by atoms with Crippen LogP contribution in [0.1, 0.15) is 342 Å². The van der Waals surface area contributed by atoms with Crippen molar-refractivity contribution in [2.75, 3.05) is 0 Å². The molecule has 2 atom stereocenters. The predicted molar refractivity (Wildman–Crippen MR) is 276 cm³/mol. The zero-order chi connectivity index (χ0) is 45.3. The van der Waals surface area contributed by atoms with Crippen molar-refractivity contribution < 1.29 is 14.3 Å². The number of carbonyl (C=O) groups is 2. The van der Waals surface area contributed by atoms with E-state index in [2.05, 4.69) is 34.3 Å². The van der Waals surface area contributed by atoms with E-state index in [1.165, 1.54) is 244 Å². The summed E-state index contributed by atoms with van der Waals surface area (Å²) in [6, 6.07) is 0. The van der Waals surface area contributed by atoms with Gasteiger partial charge in [0.25, 0.3) is 0 Å². The van der Waals surface area contributed by atoms with Crippen LogP contribution in [0.2, 0.25) is 0 Å². The molecule has 368 valence electrons. The molecule has 0 heterocycles. The Bertz CT molecular complexity index is 926. The number of allylic oxidation sites excluding steroid dienone is 1. The normalized spacial score (nSPS) is 13.0. The molecule has 0 aliphatic carbocycles. The first-order valence-electron chi connectivity index (χ1n) is 28.9. The van der Waals surface area contributed by atoms with Crippen LogP contribution in [0.25, 0.3) is 0 Å². The number of carbonyl (C=O) groups excluding carboxylic acids is 2. The van der Waals surface area contributed by atoms with Crippen molar-refractivity contribution in [2.24, 2.45) is 5.41 Å². The minimum absolute atomic E-state index is 0.0719. The molecule has 0 fully saturated rings. The third kappa shape index (κ3) is 38.2. The monoisotopic (exact) mass is 871 g/mol. The van der Waals surface area contributed by atoms with Crippen LogP contribution in [0.3, 0.4) is 0 Å². The minimum atomic E-state index is -1.06. The first-order valence-corrected chi connectivity index (χ1v) is 28.9. The van der Waals surface area contributed by atoms with Crippen LogP contribution in [-0.4, -0.2) is 17.9 Å². The summed E-state index contributed by atoms with van der Waals surface area (Å²) in [7, 11) is 0. The fourth-order valence-electron chi connectivity index (χ4n) is 9.78. The summed E-state index contributed by atoms with van der Waals surface area (Å²) in [4.78, 5) is 29.0. The van der Waals surface area contributed by atoms with Crippen LogP contribution in [0.5, 0.6) is 0 Å². The molecule has 0 rings (SSSR count). The van der Waals surface area contributed by atoms with E-state index in [-0.39, 0.29) is 17.9 Å². The van der Waals surface area contributed by atoms with Crippen LogP contribution in [0.15, 0.2) is 12.7 Å². The lowest BCUT2D eigenvalue weighted by Gasteiger charge is -2.32. The number of ether oxygens (including phenoxy) is 1. The van der Waals surface area contributed by atoms with Crippen molar-refractivity contribution in [3.63, 3.8) is 0 Å². The van der Waals surface area contributed by atoms with Crippen molar-refractivity contribution >= 4 is 11.8 Å². The Kier molecular flexibility index (Phi) is 48.4. The van der Waals surface area contributed by atoms with Gasteiger partial charge in [-0.3, -0.25) is 9.59 Å². The van der Waals surface area contributed by atoms with Gasteiger partial charge in [-0.15, -0.1) is 6.58 Å². The van der Waals surface area contributed by atoms with Crippen LogP contribution in [0.4, 0.5) is 0 Å². The summed E-state index contributed by atoms with van der Waals surface area (Å²) in [6.07, 6.45) is 62.2. The third-order valence-electron chi connectivity index (χ3n) is 14.2. The standard InChI is InChI=1S/C59H114O3/c1-6-11-15-19-23-26-28-30-32-33-35-38-41-45-49-53-57(60)59(54-10-5,55-50-46-42-39-36-34-31-29-27-24-20-16-12-7-2)58(61)62-56(51-47-43-22-18-14-9-4)52-48-44-40-37-25-21-17-13-8-3/h10,56H,5-9,11-55H2,1-4H3. The number of hydrogen-bond donors (Lipinski definition) is 0. The van der Waals surface area contributed by atoms with Crippen LogP contribution < -0.4 is 0 Å². The van der Waals surface area contributed by atoms with Gasteiger partial charge < -0.3 is 4.74 Å². The van der Waals surface area contributed by atoms with Gasteiger partial charge in [-0.05, 0) is 44.9 Å². The molecule has 0 bridgehead atoms. The highest BCUT2D eigenvalue weighted by atomic mass is 16.5. The summed E-state index contributed by atoms with van der Waals surface area (Å²) in [5, 5.41) is 0. The molecular formula is C59H114O3. The molecule has 62 heavy (non-hydrogen) atoms. The highest BCUT2D eigenvalue weighted by Crippen LogP contribution is 2.36. The largest absolute Gasteiger partial charge is 0.462 e. The Morgan fingerprint density at radius 3 is 0.935 bits per heavy atom. The molecule has 0 aliphatic rings. The van der Waals surface area contributed by atoms with Crippen molar-refractivity contribution in [3.05, 3.63) is 12.7 Å². The van der Waals surface area contributed by atoms with Gasteiger partial charge in [-0.2, -0.15) is 0 Å². The fraction of sp³-hybridized carbons (Fsp3) is 0.932. The maximum Gasteiger partial charge on any atom is 0.320 e. The van der Waals surface area contributed by atoms with Gasteiger partial charge in [0, 0.05) is 6.42 Å². The van der Waals surface area contributed by atoms with Gasteiger partial charge in [0.05, 0.1) is 0 Å². The van der Waals surface area contributed by atoms with Gasteiger partial charge in [0.15, 0.2) is 0 Å². The topological polar surface area (TPSA) is 43.4 Å². The van der Waals surface area contributed by atoms with Crippen molar-refractivity contribution in [3.8, 4) is 0 Å². The van der Waals surface area contributed by atoms with E-state index in [1.54, 1.807) is 0 Å². The van der Waals surface area contributed by atoms with Gasteiger partial charge in [0.2, 0.25) is 0 Å². The summed E-state index contributed by atoms with van der Waals surface area (Å²) < 4.78 is 6.58. The van der Waals surface area contributed by atoms with E-state index in [9.17, 15) is 9.59 Å². The lowest BCUT2D eigenvalue weighted by Crippen LogP contribution is -2.42. The highest BCUT2D eigenvalue weighted by Gasteiger charge is 2.45. The van der Waals surface area contributed by atoms with Gasteiger partial charge in [0.1, 0.15) is 17.3 Å². The van der Waals surface area contributed by atoms with Crippen LogP contribution >= 0.6 is 0 Å². The van der Waals surface area contributed by atoms with Crippen molar-refractivity contribution in [1.29, 1.82) is 0 Å². The molecule has 0 N–H and O–H groups in total. The Morgan fingerprint density at radius 1 is 0.387 bits per heavy atom. The zero-order valence-corrected chi connectivity index (χ0v) is 43.2. The summed E-state index contributed by atoms with van der Waals surface area (Å²) in [6.45, 7) is 13.3. The quantitative estimate of drug-likeness (QED) is 0.0265. The van der Waals surface area contributed by atoms with Gasteiger partial charge >= 0.3 is 5.97 Å². The van der Waals surface area contributed by atoms with Crippen LogP contribution in [-0.2, 0) is 14.3 Å².